The van der Waals surface area contributed by atoms with Gasteiger partial charge in [0.05, 0.1) is 0 Å². The molecule has 0 spiro atoms. The van der Waals surface area contributed by atoms with Crippen LogP contribution in [0.1, 0.15) is 68.9 Å². The third-order valence-corrected chi connectivity index (χ3v) is 4.67. The van der Waals surface area contributed by atoms with Gasteiger partial charge in [-0.05, 0) is 56.1 Å². The topological polar surface area (TPSA) is 0 Å². The van der Waals surface area contributed by atoms with Crippen LogP contribution in [0, 0.1) is 30.3 Å². The predicted molar refractivity (Wildman–Crippen MR) is 75.3 cm³/mol. The minimum atomic E-state index is -1.02. The van der Waals surface area contributed by atoms with Gasteiger partial charge in [-0.3, -0.25) is 0 Å². The molecule has 0 atom stereocenters. The molecular weight excluding hydrogens is 261 g/mol. The summed E-state index contributed by atoms with van der Waals surface area (Å²) in [7, 11) is 0. The third kappa shape index (κ3) is 3.18. The Bertz CT molecular complexity index is 460. The second-order valence-electron chi connectivity index (χ2n) is 6.06. The van der Waals surface area contributed by atoms with E-state index >= 15 is 0 Å². The molecule has 3 heteroatoms. The van der Waals surface area contributed by atoms with Crippen LogP contribution < -0.4 is 0 Å². The number of benzene rings is 1. The lowest BCUT2D eigenvalue weighted by molar-refractivity contribution is 0.298. The first-order valence-electron chi connectivity index (χ1n) is 7.68. The fourth-order valence-electron chi connectivity index (χ4n) is 3.26. The largest absolute Gasteiger partial charge is 0.207 e. The van der Waals surface area contributed by atoms with Crippen molar-refractivity contribution in [1.82, 2.24) is 0 Å². The number of halogens is 3. The highest BCUT2D eigenvalue weighted by molar-refractivity contribution is 5.30. The molecular formula is C17H23F3. The van der Waals surface area contributed by atoms with E-state index in [0.29, 0.717) is 5.92 Å². The van der Waals surface area contributed by atoms with Crippen LogP contribution in [0.25, 0.3) is 0 Å². The van der Waals surface area contributed by atoms with Crippen molar-refractivity contribution in [3.63, 3.8) is 0 Å². The highest BCUT2D eigenvalue weighted by atomic mass is 19.2. The van der Waals surface area contributed by atoms with E-state index in [9.17, 15) is 13.2 Å². The minimum Gasteiger partial charge on any atom is -0.207 e. The first-order chi connectivity index (χ1) is 9.54. The Morgan fingerprint density at radius 2 is 1.70 bits per heavy atom. The average Bonchev–Trinajstić information content (AvgIpc) is 2.47. The Morgan fingerprint density at radius 1 is 1.05 bits per heavy atom. The quantitative estimate of drug-likeness (QED) is 0.606. The van der Waals surface area contributed by atoms with Crippen molar-refractivity contribution in [3.05, 3.63) is 34.6 Å². The van der Waals surface area contributed by atoms with Crippen LogP contribution >= 0.6 is 0 Å². The third-order valence-electron chi connectivity index (χ3n) is 4.67. The van der Waals surface area contributed by atoms with E-state index in [-0.39, 0.29) is 17.0 Å². The minimum absolute atomic E-state index is 0.0301. The van der Waals surface area contributed by atoms with E-state index in [1.165, 1.54) is 32.3 Å². The summed E-state index contributed by atoms with van der Waals surface area (Å²) in [4.78, 5) is 0. The zero-order chi connectivity index (χ0) is 14.7. The summed E-state index contributed by atoms with van der Waals surface area (Å²) in [5.41, 5.74) is 0.0161. The summed E-state index contributed by atoms with van der Waals surface area (Å²) in [6, 6.07) is 1.20. The van der Waals surface area contributed by atoms with Gasteiger partial charge in [0, 0.05) is 5.56 Å². The van der Waals surface area contributed by atoms with E-state index in [0.717, 1.165) is 25.7 Å². The summed E-state index contributed by atoms with van der Waals surface area (Å²) in [5.74, 6) is -1.83. The summed E-state index contributed by atoms with van der Waals surface area (Å²) in [6.07, 6.45) is 7.42. The van der Waals surface area contributed by atoms with Crippen LogP contribution in [-0.4, -0.2) is 0 Å². The molecule has 0 unspecified atom stereocenters. The molecule has 112 valence electrons. The van der Waals surface area contributed by atoms with Crippen molar-refractivity contribution in [2.75, 3.05) is 0 Å². The van der Waals surface area contributed by atoms with Crippen LogP contribution in [-0.2, 0) is 0 Å². The molecule has 1 aromatic carbocycles. The van der Waals surface area contributed by atoms with Gasteiger partial charge in [0.1, 0.15) is 5.82 Å². The van der Waals surface area contributed by atoms with Gasteiger partial charge in [0.15, 0.2) is 11.6 Å². The average molecular weight is 284 g/mol. The van der Waals surface area contributed by atoms with Gasteiger partial charge in [-0.1, -0.05) is 26.2 Å². The van der Waals surface area contributed by atoms with Crippen molar-refractivity contribution in [2.45, 2.75) is 64.7 Å². The first-order valence-corrected chi connectivity index (χ1v) is 7.68. The number of unbranched alkanes of at least 4 members (excludes halogenated alkanes) is 1. The molecule has 0 bridgehead atoms. The number of hydrogen-bond donors (Lipinski definition) is 0. The lowest BCUT2D eigenvalue weighted by Crippen LogP contribution is -2.15. The molecule has 0 radical (unpaired) electrons. The monoisotopic (exact) mass is 284 g/mol. The van der Waals surface area contributed by atoms with Crippen molar-refractivity contribution >= 4 is 0 Å². The van der Waals surface area contributed by atoms with E-state index in [1.54, 1.807) is 0 Å². The highest BCUT2D eigenvalue weighted by Gasteiger charge is 2.26. The fraction of sp³-hybridized carbons (Fsp3) is 0.647. The Morgan fingerprint density at radius 3 is 2.30 bits per heavy atom. The van der Waals surface area contributed by atoms with Crippen LogP contribution in [0.4, 0.5) is 13.2 Å². The molecule has 20 heavy (non-hydrogen) atoms. The molecule has 1 fully saturated rings. The molecule has 1 saturated carbocycles. The van der Waals surface area contributed by atoms with Crippen LogP contribution in [0.3, 0.4) is 0 Å². The smallest absolute Gasteiger partial charge is 0.164 e. The Balaban J connectivity index is 2.07. The zero-order valence-electron chi connectivity index (χ0n) is 12.3. The second kappa shape index (κ2) is 6.64. The maximum atomic E-state index is 14.0. The molecule has 2 rings (SSSR count). The first kappa shape index (κ1) is 15.4. The normalized spacial score (nSPS) is 23.1. The summed E-state index contributed by atoms with van der Waals surface area (Å²) in [5, 5.41) is 0. The van der Waals surface area contributed by atoms with Gasteiger partial charge >= 0.3 is 0 Å². The lowest BCUT2D eigenvalue weighted by atomic mass is 9.77. The number of hydrogen-bond acceptors (Lipinski definition) is 0. The zero-order valence-corrected chi connectivity index (χ0v) is 12.3. The van der Waals surface area contributed by atoms with Gasteiger partial charge in [-0.2, -0.15) is 0 Å². The van der Waals surface area contributed by atoms with Gasteiger partial charge in [0.25, 0.3) is 0 Å². The van der Waals surface area contributed by atoms with E-state index in [4.69, 9.17) is 0 Å². The summed E-state index contributed by atoms with van der Waals surface area (Å²) in [6.45, 7) is 3.46. The standard InChI is InChI=1S/C17H23F3/c1-3-4-5-12-6-8-13(9-7-12)14-10-15(18)11(2)16(19)17(14)20/h10,12-13H,3-9H2,1-2H3. The molecule has 0 amide bonds. The molecule has 0 nitrogen and oxygen atoms in total. The van der Waals surface area contributed by atoms with E-state index < -0.39 is 17.5 Å². The van der Waals surface area contributed by atoms with Crippen LogP contribution in [0.5, 0.6) is 0 Å². The fourth-order valence-corrected chi connectivity index (χ4v) is 3.26. The molecule has 0 heterocycles. The van der Waals surface area contributed by atoms with Crippen molar-refractivity contribution in [3.8, 4) is 0 Å². The van der Waals surface area contributed by atoms with Crippen molar-refractivity contribution in [1.29, 1.82) is 0 Å². The Hall–Kier alpha value is -0.990. The lowest BCUT2D eigenvalue weighted by Gasteiger charge is -2.29. The summed E-state index contributed by atoms with van der Waals surface area (Å²) >= 11 is 0. The molecule has 0 N–H and O–H groups in total. The van der Waals surface area contributed by atoms with E-state index in [1.807, 2.05) is 0 Å². The predicted octanol–water partition coefficient (Wildman–Crippen LogP) is 5.88. The SMILES string of the molecule is CCCCC1CCC(c2cc(F)c(C)c(F)c2F)CC1. The maximum absolute atomic E-state index is 14.0. The van der Waals surface area contributed by atoms with Crippen molar-refractivity contribution < 1.29 is 13.2 Å². The number of rotatable bonds is 4. The Kier molecular flexibility index (Phi) is 5.11. The van der Waals surface area contributed by atoms with Gasteiger partial charge in [0.2, 0.25) is 0 Å². The van der Waals surface area contributed by atoms with Gasteiger partial charge in [-0.25, -0.2) is 13.2 Å². The molecule has 1 aliphatic rings. The second-order valence-corrected chi connectivity index (χ2v) is 6.06. The van der Waals surface area contributed by atoms with Crippen LogP contribution in [0.2, 0.25) is 0 Å². The maximum Gasteiger partial charge on any atom is 0.164 e. The van der Waals surface area contributed by atoms with E-state index in [2.05, 4.69) is 6.92 Å². The Labute approximate surface area is 119 Å². The molecule has 0 saturated heterocycles. The molecule has 0 aliphatic heterocycles. The van der Waals surface area contributed by atoms with Gasteiger partial charge < -0.3 is 0 Å². The molecule has 1 aromatic rings. The summed E-state index contributed by atoms with van der Waals surface area (Å²) < 4.78 is 41.2. The van der Waals surface area contributed by atoms with Crippen LogP contribution in [0.15, 0.2) is 6.07 Å². The highest BCUT2D eigenvalue weighted by Crippen LogP contribution is 2.39. The van der Waals surface area contributed by atoms with Crippen molar-refractivity contribution in [2.24, 2.45) is 5.92 Å². The van der Waals surface area contributed by atoms with Gasteiger partial charge in [-0.15, -0.1) is 0 Å². The molecule has 1 aliphatic carbocycles. The molecule has 0 aromatic heterocycles.